The number of fused-ring (bicyclic) bond motifs is 1. The van der Waals surface area contributed by atoms with Crippen molar-refractivity contribution in [2.24, 2.45) is 0 Å². The summed E-state index contributed by atoms with van der Waals surface area (Å²) in [5.74, 6) is -1.23. The average molecular weight is 789 g/mol. The van der Waals surface area contributed by atoms with Crippen LogP contribution in [-0.4, -0.2) is 58.5 Å². The first kappa shape index (κ1) is 40.9. The third kappa shape index (κ3) is 9.70. The highest BCUT2D eigenvalue weighted by Crippen LogP contribution is 2.42. The predicted octanol–water partition coefficient (Wildman–Crippen LogP) is 7.45. The molecule has 0 spiro atoms. The van der Waals surface area contributed by atoms with Crippen LogP contribution >= 0.6 is 0 Å². The average Bonchev–Trinajstić information content (AvgIpc) is 3.17. The van der Waals surface area contributed by atoms with Gasteiger partial charge in [0.2, 0.25) is 5.88 Å². The molecule has 2 amide bonds. The Hall–Kier alpha value is -6.24. The van der Waals surface area contributed by atoms with Crippen molar-refractivity contribution in [1.29, 1.82) is 0 Å². The summed E-state index contributed by atoms with van der Waals surface area (Å²) in [4.78, 5) is 51.4. The largest absolute Gasteiger partial charge is 0.481 e. The number of ether oxygens (including phenoxy) is 3. The smallest absolute Gasteiger partial charge is 0.416 e. The Balaban J connectivity index is 1.57. The Bertz CT molecular complexity index is 2050. The van der Waals surface area contributed by atoms with E-state index in [2.05, 4.69) is 25.6 Å². The van der Waals surface area contributed by atoms with E-state index >= 15 is 0 Å². The third-order valence-corrected chi connectivity index (χ3v) is 8.65. The summed E-state index contributed by atoms with van der Waals surface area (Å²) in [5, 5.41) is 15.4. The fraction of sp³-hybridized carbons (Fsp3) is 0.297. The van der Waals surface area contributed by atoms with Gasteiger partial charge in [-0.05, 0) is 54.3 Å². The van der Waals surface area contributed by atoms with Gasteiger partial charge in [-0.1, -0.05) is 37.3 Å². The normalized spacial score (nSPS) is 16.4. The number of esters is 1. The second-order valence-electron chi connectivity index (χ2n) is 12.3. The number of benzene rings is 2. The lowest BCUT2D eigenvalue weighted by atomic mass is 9.91. The van der Waals surface area contributed by atoms with Crippen LogP contribution in [0, 0.1) is 0 Å². The van der Waals surface area contributed by atoms with E-state index in [1.54, 1.807) is 37.3 Å². The number of aromatic nitrogens is 3. The van der Waals surface area contributed by atoms with Gasteiger partial charge in [-0.15, -0.1) is 0 Å². The van der Waals surface area contributed by atoms with Crippen LogP contribution in [0.5, 0.6) is 5.88 Å². The first-order valence-corrected chi connectivity index (χ1v) is 16.7. The minimum Gasteiger partial charge on any atom is -0.481 e. The van der Waals surface area contributed by atoms with Gasteiger partial charge in [-0.3, -0.25) is 15.5 Å². The van der Waals surface area contributed by atoms with Gasteiger partial charge in [0.1, 0.15) is 18.1 Å². The number of nitrogens with one attached hydrogen (secondary N) is 2. The molecule has 0 radical (unpaired) electrons. The second-order valence-corrected chi connectivity index (χ2v) is 12.3. The number of pyridine rings is 1. The first-order chi connectivity index (χ1) is 26.5. The lowest BCUT2D eigenvalue weighted by Gasteiger charge is -2.39. The van der Waals surface area contributed by atoms with Crippen LogP contribution in [0.1, 0.15) is 71.2 Å². The highest BCUT2D eigenvalue weighted by atomic mass is 19.4. The van der Waals surface area contributed by atoms with Crippen molar-refractivity contribution in [3.05, 3.63) is 118 Å². The van der Waals surface area contributed by atoms with E-state index in [4.69, 9.17) is 14.2 Å². The van der Waals surface area contributed by atoms with Crippen molar-refractivity contribution < 1.29 is 60.0 Å². The molecule has 0 saturated heterocycles. The summed E-state index contributed by atoms with van der Waals surface area (Å²) >= 11 is 0. The monoisotopic (exact) mass is 788 g/mol. The van der Waals surface area contributed by atoms with Gasteiger partial charge >= 0.3 is 30.5 Å². The zero-order valence-electron chi connectivity index (χ0n) is 29.8. The molecule has 2 aromatic carbocycles. The maximum atomic E-state index is 14.1. The van der Waals surface area contributed by atoms with E-state index in [0.29, 0.717) is 17.7 Å². The third-order valence-electron chi connectivity index (χ3n) is 8.65. The number of hydrogen-bond donors (Lipinski definition) is 3. The number of amides is 2. The minimum atomic E-state index is -5.18. The van der Waals surface area contributed by atoms with E-state index in [0.717, 1.165) is 30.5 Å². The van der Waals surface area contributed by atoms with Crippen LogP contribution in [0.15, 0.2) is 78.8 Å². The van der Waals surface area contributed by atoms with Gasteiger partial charge in [0.25, 0.3) is 0 Å². The molecule has 3 N–H and O–H groups in total. The lowest BCUT2D eigenvalue weighted by molar-refractivity contribution is -0.143. The number of alkyl halides is 6. The summed E-state index contributed by atoms with van der Waals surface area (Å²) in [7, 11) is 2.37. The van der Waals surface area contributed by atoms with Crippen molar-refractivity contribution in [3.63, 3.8) is 0 Å². The van der Waals surface area contributed by atoms with Gasteiger partial charge < -0.3 is 19.3 Å². The van der Waals surface area contributed by atoms with Crippen molar-refractivity contribution in [3.8, 4) is 5.88 Å². The molecule has 4 aromatic rings. The predicted molar refractivity (Wildman–Crippen MR) is 186 cm³/mol. The fourth-order valence-corrected chi connectivity index (χ4v) is 5.99. The molecule has 296 valence electrons. The Labute approximate surface area is 315 Å². The molecule has 0 fully saturated rings. The molecule has 0 saturated carbocycles. The van der Waals surface area contributed by atoms with Gasteiger partial charge in [0.15, 0.2) is 0 Å². The zero-order chi connectivity index (χ0) is 40.8. The van der Waals surface area contributed by atoms with Gasteiger partial charge in [0.05, 0.1) is 48.8 Å². The van der Waals surface area contributed by atoms with Gasteiger partial charge in [0, 0.05) is 30.1 Å². The minimum absolute atomic E-state index is 0.00703. The van der Waals surface area contributed by atoms with Crippen LogP contribution in [-0.2, 0) is 33.2 Å². The first-order valence-electron chi connectivity index (χ1n) is 16.7. The molecule has 1 unspecified atom stereocenters. The summed E-state index contributed by atoms with van der Waals surface area (Å²) in [6.07, 6.45) is -9.04. The summed E-state index contributed by atoms with van der Waals surface area (Å²) in [6, 6.07) is 9.34. The number of anilines is 1. The second kappa shape index (κ2) is 17.1. The molecule has 3 atom stereocenters. The molecule has 1 aliphatic heterocycles. The van der Waals surface area contributed by atoms with E-state index in [9.17, 15) is 45.8 Å². The molecular formula is C37H34F6N6O7. The van der Waals surface area contributed by atoms with Crippen LogP contribution in [0.2, 0.25) is 0 Å². The number of alkyl carbamates (subject to hydrolysis) is 1. The van der Waals surface area contributed by atoms with Crippen molar-refractivity contribution in [1.82, 2.24) is 25.6 Å². The highest BCUT2D eigenvalue weighted by Gasteiger charge is 2.41. The van der Waals surface area contributed by atoms with Crippen LogP contribution in [0.3, 0.4) is 0 Å². The fourth-order valence-electron chi connectivity index (χ4n) is 5.99. The Kier molecular flexibility index (Phi) is 12.5. The van der Waals surface area contributed by atoms with Crippen molar-refractivity contribution >= 4 is 29.9 Å². The Morgan fingerprint density at radius 1 is 0.964 bits per heavy atom. The van der Waals surface area contributed by atoms with E-state index in [1.165, 1.54) is 19.2 Å². The standard InChI is InChI=1S/C37H34F6N6O7/c1-4-25-16-26(31-28(49(25)35(52)53)10-11-29(48-31)54-2)46-30(22-13-23(36(38,39)40)15-24(14-22)37(41,42)43)32-44-17-21(18-45-32)12-27(33(50)55-3)47-34(51)56-19-20-8-6-5-7-9-20/h5-15,17-18,25-26,30,46H,4,16,19H2,1-3H3,(H,47,51)(H,52,53)/b27-12-/t25-,26+,30?/m1/s1. The summed E-state index contributed by atoms with van der Waals surface area (Å²) < 4.78 is 99.5. The number of carbonyl (C=O) groups excluding carboxylic acids is 2. The topological polar surface area (TPSA) is 165 Å². The maximum Gasteiger partial charge on any atom is 0.416 e. The molecule has 13 nitrogen and oxygen atoms in total. The molecule has 3 heterocycles. The molecule has 2 aromatic heterocycles. The number of rotatable bonds is 11. The van der Waals surface area contributed by atoms with Gasteiger partial charge in [-0.25, -0.2) is 29.3 Å². The number of hydrogen-bond acceptors (Lipinski definition) is 10. The molecule has 1 aliphatic rings. The summed E-state index contributed by atoms with van der Waals surface area (Å²) in [5.41, 5.74) is -3.16. The zero-order valence-corrected chi connectivity index (χ0v) is 29.8. The molecule has 0 bridgehead atoms. The van der Waals surface area contributed by atoms with Crippen LogP contribution < -0.4 is 20.3 Å². The summed E-state index contributed by atoms with van der Waals surface area (Å²) in [6.45, 7) is 1.59. The SMILES string of the molecule is CC[C@@H]1C[C@H](NC(c2cc(C(F)(F)F)cc(C(F)(F)F)c2)c2ncc(/C=C(\NC(=O)OCc3ccccc3)C(=O)OC)cn2)c2nc(OC)ccc2N1C(=O)O. The molecule has 0 aliphatic carbocycles. The number of halogens is 6. The van der Waals surface area contributed by atoms with Crippen LogP contribution in [0.4, 0.5) is 41.6 Å². The molecule has 19 heteroatoms. The Morgan fingerprint density at radius 3 is 2.16 bits per heavy atom. The highest BCUT2D eigenvalue weighted by molar-refractivity contribution is 5.96. The number of carboxylic acid groups (broad SMARTS) is 1. The Morgan fingerprint density at radius 2 is 1.61 bits per heavy atom. The number of methoxy groups -OCH3 is 2. The maximum absolute atomic E-state index is 14.1. The van der Waals surface area contributed by atoms with E-state index < -0.39 is 71.0 Å². The number of carbonyl (C=O) groups is 3. The van der Waals surface area contributed by atoms with E-state index in [1.807, 2.05) is 0 Å². The van der Waals surface area contributed by atoms with Crippen molar-refractivity contribution in [2.45, 2.75) is 56.9 Å². The molecular weight excluding hydrogens is 754 g/mol. The lowest BCUT2D eigenvalue weighted by Crippen LogP contribution is -2.47. The van der Waals surface area contributed by atoms with Crippen LogP contribution in [0.25, 0.3) is 6.08 Å². The number of nitrogens with zero attached hydrogens (tertiary/aromatic N) is 4. The van der Waals surface area contributed by atoms with Crippen molar-refractivity contribution in [2.75, 3.05) is 19.1 Å². The van der Waals surface area contributed by atoms with Gasteiger partial charge in [-0.2, -0.15) is 26.3 Å². The quantitative estimate of drug-likeness (QED) is 0.0786. The molecule has 5 rings (SSSR count). The molecule has 56 heavy (non-hydrogen) atoms. The van der Waals surface area contributed by atoms with E-state index in [-0.39, 0.29) is 54.2 Å².